The molecule has 150 valence electrons. The lowest BCUT2D eigenvalue weighted by Crippen LogP contribution is -2.51. The van der Waals surface area contributed by atoms with Crippen LogP contribution in [0.3, 0.4) is 0 Å². The number of halogens is 1. The number of carbonyl (C=O) groups excluding carboxylic acids is 1. The number of hydrogen-bond donors (Lipinski definition) is 0. The van der Waals surface area contributed by atoms with Gasteiger partial charge < -0.3 is 9.64 Å². The van der Waals surface area contributed by atoms with E-state index < -0.39 is 22.1 Å². The second-order valence-corrected chi connectivity index (χ2v) is 9.59. The minimum Gasteiger partial charge on any atom is -0.494 e. The summed E-state index contributed by atoms with van der Waals surface area (Å²) in [5.41, 5.74) is 0.0981. The summed E-state index contributed by atoms with van der Waals surface area (Å²) in [7, 11) is -3.36. The number of benzene rings is 1. The predicted molar refractivity (Wildman–Crippen MR) is 101 cm³/mol. The van der Waals surface area contributed by atoms with Gasteiger partial charge in [-0.3, -0.25) is 9.18 Å². The lowest BCUT2D eigenvalue weighted by atomic mass is 9.75. The van der Waals surface area contributed by atoms with E-state index in [1.54, 1.807) is 4.90 Å². The van der Waals surface area contributed by atoms with Gasteiger partial charge >= 0.3 is 0 Å². The number of nitrogens with zero attached hydrogens (tertiary/aromatic N) is 2. The Balaban J connectivity index is 1.67. The van der Waals surface area contributed by atoms with E-state index in [1.807, 2.05) is 31.2 Å². The van der Waals surface area contributed by atoms with Crippen molar-refractivity contribution >= 4 is 15.9 Å². The van der Waals surface area contributed by atoms with E-state index in [0.717, 1.165) is 17.6 Å². The molecule has 1 aromatic rings. The number of sulfonamides is 1. The van der Waals surface area contributed by atoms with E-state index in [9.17, 15) is 17.6 Å². The molecule has 0 aliphatic carbocycles. The van der Waals surface area contributed by atoms with Crippen LogP contribution in [0.15, 0.2) is 24.3 Å². The van der Waals surface area contributed by atoms with Crippen molar-refractivity contribution in [2.45, 2.75) is 19.8 Å². The molecule has 0 bridgehead atoms. The van der Waals surface area contributed by atoms with Gasteiger partial charge in [-0.2, -0.15) is 0 Å². The van der Waals surface area contributed by atoms with E-state index in [-0.39, 0.29) is 31.3 Å². The van der Waals surface area contributed by atoms with Crippen LogP contribution in [0.5, 0.6) is 5.75 Å². The summed E-state index contributed by atoms with van der Waals surface area (Å²) >= 11 is 0. The van der Waals surface area contributed by atoms with Gasteiger partial charge in [-0.1, -0.05) is 12.1 Å². The van der Waals surface area contributed by atoms with Crippen LogP contribution < -0.4 is 4.74 Å². The first kappa shape index (κ1) is 20.1. The SMILES string of the molecule is CCOc1ccc(CC(=O)N2C[C@@H]3CCN(S(C)(=O)=O)C[C@]3(CF)C2)cc1. The molecular weight excluding hydrogens is 371 g/mol. The number of carbonyl (C=O) groups is 1. The van der Waals surface area contributed by atoms with Gasteiger partial charge in [0.15, 0.2) is 0 Å². The molecule has 1 aromatic carbocycles. The first-order valence-corrected chi connectivity index (χ1v) is 11.1. The Morgan fingerprint density at radius 3 is 2.59 bits per heavy atom. The highest BCUT2D eigenvalue weighted by atomic mass is 32.2. The molecule has 0 radical (unpaired) electrons. The molecule has 1 amide bonds. The van der Waals surface area contributed by atoms with Crippen molar-refractivity contribution in [2.75, 3.05) is 45.7 Å². The molecule has 2 saturated heterocycles. The van der Waals surface area contributed by atoms with Crippen molar-refractivity contribution in [3.05, 3.63) is 29.8 Å². The van der Waals surface area contributed by atoms with E-state index in [1.165, 1.54) is 4.31 Å². The van der Waals surface area contributed by atoms with Gasteiger partial charge in [0, 0.05) is 31.6 Å². The standard InChI is InChI=1S/C19H27FN2O4S/c1-3-26-17-6-4-15(5-7-17)10-18(23)21-11-16-8-9-22(27(2,24)25)14-19(16,12-20)13-21/h4-7,16H,3,8-14H2,1-2H3/t16-,19-/m0/s1. The summed E-state index contributed by atoms with van der Waals surface area (Å²) in [4.78, 5) is 14.4. The van der Waals surface area contributed by atoms with Gasteiger partial charge in [-0.15, -0.1) is 0 Å². The lowest BCUT2D eigenvalue weighted by molar-refractivity contribution is -0.129. The van der Waals surface area contributed by atoms with Crippen LogP contribution in [0.25, 0.3) is 0 Å². The van der Waals surface area contributed by atoms with Crippen LogP contribution in [0.4, 0.5) is 4.39 Å². The number of rotatable bonds is 6. The Bertz CT molecular complexity index is 783. The number of hydrogen-bond acceptors (Lipinski definition) is 4. The molecular formula is C19H27FN2O4S. The third-order valence-corrected chi connectivity index (χ3v) is 6.96. The second-order valence-electron chi connectivity index (χ2n) is 7.61. The molecule has 0 saturated carbocycles. The van der Waals surface area contributed by atoms with Crippen molar-refractivity contribution in [3.63, 3.8) is 0 Å². The van der Waals surface area contributed by atoms with Gasteiger partial charge in [0.2, 0.25) is 15.9 Å². The maximum absolute atomic E-state index is 14.0. The van der Waals surface area contributed by atoms with Crippen molar-refractivity contribution in [1.82, 2.24) is 9.21 Å². The normalized spacial score (nSPS) is 26.0. The number of piperidine rings is 1. The summed E-state index contributed by atoms with van der Waals surface area (Å²) in [6, 6.07) is 7.40. The molecule has 2 atom stereocenters. The predicted octanol–water partition coefficient (Wildman–Crippen LogP) is 1.71. The van der Waals surface area contributed by atoms with E-state index >= 15 is 0 Å². The molecule has 0 unspecified atom stereocenters. The molecule has 0 aromatic heterocycles. The zero-order chi connectivity index (χ0) is 19.7. The van der Waals surface area contributed by atoms with Crippen molar-refractivity contribution < 1.29 is 22.3 Å². The Hall–Kier alpha value is -1.67. The third kappa shape index (κ3) is 4.27. The van der Waals surface area contributed by atoms with Crippen molar-refractivity contribution in [2.24, 2.45) is 11.3 Å². The number of amides is 1. The van der Waals surface area contributed by atoms with Crippen LogP contribution in [-0.2, 0) is 21.2 Å². The first-order chi connectivity index (χ1) is 12.8. The zero-order valence-corrected chi connectivity index (χ0v) is 16.7. The summed E-state index contributed by atoms with van der Waals surface area (Å²) in [5.74, 6) is 0.718. The maximum atomic E-state index is 14.0. The summed E-state index contributed by atoms with van der Waals surface area (Å²) in [5, 5.41) is 0. The first-order valence-electron chi connectivity index (χ1n) is 9.28. The zero-order valence-electron chi connectivity index (χ0n) is 15.9. The van der Waals surface area contributed by atoms with E-state index in [0.29, 0.717) is 26.1 Å². The lowest BCUT2D eigenvalue weighted by Gasteiger charge is -2.41. The molecule has 8 heteroatoms. The fraction of sp³-hybridized carbons (Fsp3) is 0.632. The molecule has 2 aliphatic rings. The molecule has 2 aliphatic heterocycles. The molecule has 2 heterocycles. The average molecular weight is 399 g/mol. The van der Waals surface area contributed by atoms with Crippen LogP contribution in [-0.4, -0.2) is 69.2 Å². The van der Waals surface area contributed by atoms with Gasteiger partial charge in [-0.25, -0.2) is 12.7 Å². The second kappa shape index (κ2) is 7.75. The highest BCUT2D eigenvalue weighted by molar-refractivity contribution is 7.88. The highest BCUT2D eigenvalue weighted by Gasteiger charge is 2.52. The Morgan fingerprint density at radius 1 is 1.30 bits per heavy atom. The number of ether oxygens (including phenoxy) is 1. The molecule has 3 rings (SSSR count). The van der Waals surface area contributed by atoms with E-state index in [4.69, 9.17) is 4.74 Å². The average Bonchev–Trinajstić information content (AvgIpc) is 3.02. The fourth-order valence-corrected chi connectivity index (χ4v) is 5.09. The number of fused-ring (bicyclic) bond motifs is 1. The Morgan fingerprint density at radius 2 is 2.00 bits per heavy atom. The fourth-order valence-electron chi connectivity index (χ4n) is 4.16. The highest BCUT2D eigenvalue weighted by Crippen LogP contribution is 2.43. The van der Waals surface area contributed by atoms with Crippen molar-refractivity contribution in [1.29, 1.82) is 0 Å². The largest absolute Gasteiger partial charge is 0.494 e. The molecule has 0 N–H and O–H groups in total. The summed E-state index contributed by atoms with van der Waals surface area (Å²) < 4.78 is 44.5. The summed E-state index contributed by atoms with van der Waals surface area (Å²) in [6.07, 6.45) is 1.99. The van der Waals surface area contributed by atoms with Gasteiger partial charge in [-0.05, 0) is 37.0 Å². The molecule has 27 heavy (non-hydrogen) atoms. The molecule has 0 spiro atoms. The summed E-state index contributed by atoms with van der Waals surface area (Å²) in [6.45, 7) is 3.20. The quantitative estimate of drug-likeness (QED) is 0.732. The van der Waals surface area contributed by atoms with Gasteiger partial charge in [0.25, 0.3) is 0 Å². The van der Waals surface area contributed by atoms with Crippen LogP contribution in [0, 0.1) is 11.3 Å². The van der Waals surface area contributed by atoms with Crippen molar-refractivity contribution in [3.8, 4) is 5.75 Å². The van der Waals surface area contributed by atoms with Crippen LogP contribution >= 0.6 is 0 Å². The third-order valence-electron chi connectivity index (χ3n) is 5.71. The Labute approximate surface area is 160 Å². The minimum absolute atomic E-state index is 0.00443. The van der Waals surface area contributed by atoms with Crippen LogP contribution in [0.2, 0.25) is 0 Å². The Kier molecular flexibility index (Phi) is 5.76. The molecule has 6 nitrogen and oxygen atoms in total. The molecule has 2 fully saturated rings. The minimum atomic E-state index is -3.36. The topological polar surface area (TPSA) is 66.9 Å². The monoisotopic (exact) mass is 398 g/mol. The van der Waals surface area contributed by atoms with Gasteiger partial charge in [0.05, 0.1) is 26.0 Å². The van der Waals surface area contributed by atoms with E-state index in [2.05, 4.69) is 0 Å². The number of alkyl halides is 1. The maximum Gasteiger partial charge on any atom is 0.227 e. The number of likely N-dealkylation sites (tertiary alicyclic amines) is 1. The smallest absolute Gasteiger partial charge is 0.227 e. The van der Waals surface area contributed by atoms with Crippen LogP contribution in [0.1, 0.15) is 18.9 Å². The van der Waals surface area contributed by atoms with Gasteiger partial charge in [0.1, 0.15) is 5.75 Å².